The number of rotatable bonds is 4. The summed E-state index contributed by atoms with van der Waals surface area (Å²) in [7, 11) is 1.83. The molecular formula is C19H34N2O3. The summed E-state index contributed by atoms with van der Waals surface area (Å²) in [6, 6.07) is 0. The molecule has 1 saturated carbocycles. The Morgan fingerprint density at radius 3 is 2.62 bits per heavy atom. The van der Waals surface area contributed by atoms with E-state index in [1.165, 1.54) is 19.3 Å². The maximum absolute atomic E-state index is 12.8. The summed E-state index contributed by atoms with van der Waals surface area (Å²) in [4.78, 5) is 17.3. The highest BCUT2D eigenvalue weighted by molar-refractivity contribution is 5.76. The Balaban J connectivity index is 1.51. The van der Waals surface area contributed by atoms with Crippen molar-refractivity contribution >= 4 is 5.91 Å². The quantitative estimate of drug-likeness (QED) is 0.789. The third-order valence-electron chi connectivity index (χ3n) is 6.21. The summed E-state index contributed by atoms with van der Waals surface area (Å²) in [5.74, 6) is 0.322. The molecule has 1 amide bonds. The van der Waals surface area contributed by atoms with Gasteiger partial charge in [0.25, 0.3) is 0 Å². The van der Waals surface area contributed by atoms with Gasteiger partial charge in [-0.25, -0.2) is 0 Å². The molecule has 3 fully saturated rings. The Hall–Kier alpha value is -0.650. The van der Waals surface area contributed by atoms with Gasteiger partial charge in [-0.1, -0.05) is 6.42 Å². The first-order valence-corrected chi connectivity index (χ1v) is 9.71. The number of amides is 1. The van der Waals surface area contributed by atoms with E-state index in [2.05, 4.69) is 23.6 Å². The fraction of sp³-hybridized carbons (Fsp3) is 0.947. The van der Waals surface area contributed by atoms with Crippen LogP contribution in [0.1, 0.15) is 52.4 Å². The van der Waals surface area contributed by atoms with Gasteiger partial charge in [0.2, 0.25) is 5.91 Å². The van der Waals surface area contributed by atoms with E-state index in [-0.39, 0.29) is 17.6 Å². The molecule has 5 heteroatoms. The SMILES string of the molecule is CO[C@@H]1CCC[C@]12CCCN(C(=O)CCN1C[C@@H](C)O[C@@H](C)C1)C2. The van der Waals surface area contributed by atoms with Gasteiger partial charge in [-0.15, -0.1) is 0 Å². The van der Waals surface area contributed by atoms with Gasteiger partial charge in [0.1, 0.15) is 0 Å². The van der Waals surface area contributed by atoms with E-state index >= 15 is 0 Å². The monoisotopic (exact) mass is 338 g/mol. The largest absolute Gasteiger partial charge is 0.381 e. The Morgan fingerprint density at radius 1 is 1.21 bits per heavy atom. The third-order valence-corrected chi connectivity index (χ3v) is 6.21. The van der Waals surface area contributed by atoms with Crippen LogP contribution >= 0.6 is 0 Å². The zero-order chi connectivity index (χ0) is 17.2. The molecule has 24 heavy (non-hydrogen) atoms. The van der Waals surface area contributed by atoms with Gasteiger partial charge in [0, 0.05) is 51.7 Å². The van der Waals surface area contributed by atoms with E-state index in [9.17, 15) is 4.79 Å². The van der Waals surface area contributed by atoms with Crippen molar-refractivity contribution in [3.05, 3.63) is 0 Å². The first-order valence-electron chi connectivity index (χ1n) is 9.71. The molecule has 0 aromatic carbocycles. The minimum atomic E-state index is 0.227. The summed E-state index contributed by atoms with van der Waals surface area (Å²) >= 11 is 0. The zero-order valence-electron chi connectivity index (χ0n) is 15.6. The van der Waals surface area contributed by atoms with Gasteiger partial charge in [-0.2, -0.15) is 0 Å². The van der Waals surface area contributed by atoms with Crippen molar-refractivity contribution in [1.82, 2.24) is 9.80 Å². The minimum Gasteiger partial charge on any atom is -0.381 e. The molecule has 2 aliphatic heterocycles. The van der Waals surface area contributed by atoms with Crippen molar-refractivity contribution in [3.63, 3.8) is 0 Å². The Kier molecular flexibility index (Phi) is 5.83. The summed E-state index contributed by atoms with van der Waals surface area (Å²) in [6.45, 7) is 8.79. The molecule has 138 valence electrons. The van der Waals surface area contributed by atoms with Crippen LogP contribution in [0.3, 0.4) is 0 Å². The molecule has 3 rings (SSSR count). The number of hydrogen-bond donors (Lipinski definition) is 0. The molecule has 0 N–H and O–H groups in total. The number of carbonyl (C=O) groups is 1. The van der Waals surface area contributed by atoms with E-state index in [0.29, 0.717) is 18.4 Å². The predicted molar refractivity (Wildman–Crippen MR) is 94.0 cm³/mol. The predicted octanol–water partition coefficient (Wildman–Crippen LogP) is 2.29. The molecule has 3 aliphatic rings. The van der Waals surface area contributed by atoms with Crippen LogP contribution in [0.15, 0.2) is 0 Å². The second-order valence-corrected chi connectivity index (χ2v) is 8.16. The Morgan fingerprint density at radius 2 is 1.92 bits per heavy atom. The third kappa shape index (κ3) is 3.94. The smallest absolute Gasteiger partial charge is 0.223 e. The van der Waals surface area contributed by atoms with Crippen molar-refractivity contribution in [2.75, 3.05) is 39.8 Å². The zero-order valence-corrected chi connectivity index (χ0v) is 15.6. The molecule has 1 aliphatic carbocycles. The number of carbonyl (C=O) groups excluding carboxylic acids is 1. The molecule has 0 unspecified atom stereocenters. The normalized spacial score (nSPS) is 38.0. The van der Waals surface area contributed by atoms with E-state index in [1.807, 2.05) is 7.11 Å². The highest BCUT2D eigenvalue weighted by atomic mass is 16.5. The maximum Gasteiger partial charge on any atom is 0.223 e. The van der Waals surface area contributed by atoms with Crippen LogP contribution in [0.2, 0.25) is 0 Å². The van der Waals surface area contributed by atoms with E-state index in [1.54, 1.807) is 0 Å². The van der Waals surface area contributed by atoms with Crippen LogP contribution in [-0.2, 0) is 14.3 Å². The molecule has 2 heterocycles. The number of nitrogens with zero attached hydrogens (tertiary/aromatic N) is 2. The van der Waals surface area contributed by atoms with Crippen molar-refractivity contribution in [1.29, 1.82) is 0 Å². The summed E-state index contributed by atoms with van der Waals surface area (Å²) in [5.41, 5.74) is 0.227. The highest BCUT2D eigenvalue weighted by Gasteiger charge is 2.46. The minimum absolute atomic E-state index is 0.227. The fourth-order valence-corrected chi connectivity index (χ4v) is 5.19. The van der Waals surface area contributed by atoms with Gasteiger partial charge in [0.05, 0.1) is 18.3 Å². The lowest BCUT2D eigenvalue weighted by molar-refractivity contribution is -0.138. The molecule has 2 saturated heterocycles. The van der Waals surface area contributed by atoms with E-state index in [4.69, 9.17) is 9.47 Å². The molecule has 5 nitrogen and oxygen atoms in total. The van der Waals surface area contributed by atoms with Gasteiger partial charge < -0.3 is 14.4 Å². The standard InChI is InChI=1S/C19H34N2O3/c1-15-12-20(13-16(2)24-15)11-7-18(22)21-10-5-9-19(14-21)8-4-6-17(19)23-3/h15-17H,4-14H2,1-3H3/t15-,16+,17-,19-/m1/s1. The summed E-state index contributed by atoms with van der Waals surface area (Å²) in [5, 5.41) is 0. The van der Waals surface area contributed by atoms with E-state index < -0.39 is 0 Å². The van der Waals surface area contributed by atoms with E-state index in [0.717, 1.165) is 45.6 Å². The molecule has 0 bridgehead atoms. The van der Waals surface area contributed by atoms with Crippen molar-refractivity contribution in [2.45, 2.75) is 70.7 Å². The van der Waals surface area contributed by atoms with Crippen LogP contribution in [0, 0.1) is 5.41 Å². The second-order valence-electron chi connectivity index (χ2n) is 8.16. The lowest BCUT2D eigenvalue weighted by Crippen LogP contribution is -2.51. The first-order chi connectivity index (χ1) is 11.5. The number of ether oxygens (including phenoxy) is 2. The number of morpholine rings is 1. The first kappa shape index (κ1) is 18.2. The van der Waals surface area contributed by atoms with Crippen molar-refractivity contribution in [2.24, 2.45) is 5.41 Å². The van der Waals surface area contributed by atoms with Crippen LogP contribution in [0.5, 0.6) is 0 Å². The van der Waals surface area contributed by atoms with Crippen molar-refractivity contribution in [3.8, 4) is 0 Å². The topological polar surface area (TPSA) is 42.0 Å². The van der Waals surface area contributed by atoms with Crippen LogP contribution in [0.4, 0.5) is 0 Å². The molecule has 1 spiro atoms. The van der Waals surface area contributed by atoms with Gasteiger partial charge >= 0.3 is 0 Å². The highest BCUT2D eigenvalue weighted by Crippen LogP contribution is 2.46. The second kappa shape index (κ2) is 7.71. The lowest BCUT2D eigenvalue weighted by atomic mass is 9.76. The molecule has 0 aromatic heterocycles. The summed E-state index contributed by atoms with van der Waals surface area (Å²) < 4.78 is 11.5. The average molecular weight is 338 g/mol. The lowest BCUT2D eigenvalue weighted by Gasteiger charge is -2.44. The molecule has 0 radical (unpaired) electrons. The van der Waals surface area contributed by atoms with Crippen molar-refractivity contribution < 1.29 is 14.3 Å². The van der Waals surface area contributed by atoms with Gasteiger partial charge in [-0.3, -0.25) is 9.69 Å². The number of piperidine rings is 1. The Labute approximate surface area is 146 Å². The van der Waals surface area contributed by atoms with Gasteiger partial charge in [0.15, 0.2) is 0 Å². The number of likely N-dealkylation sites (tertiary alicyclic amines) is 1. The maximum atomic E-state index is 12.8. The molecular weight excluding hydrogens is 304 g/mol. The molecule has 4 atom stereocenters. The summed E-state index contributed by atoms with van der Waals surface area (Å²) in [6.07, 6.45) is 7.46. The number of hydrogen-bond acceptors (Lipinski definition) is 4. The average Bonchev–Trinajstić information content (AvgIpc) is 2.93. The van der Waals surface area contributed by atoms with Crippen LogP contribution in [-0.4, -0.2) is 73.9 Å². The Bertz CT molecular complexity index is 434. The van der Waals surface area contributed by atoms with Crippen LogP contribution < -0.4 is 0 Å². The number of methoxy groups -OCH3 is 1. The van der Waals surface area contributed by atoms with Gasteiger partial charge in [-0.05, 0) is 39.5 Å². The van der Waals surface area contributed by atoms with Crippen LogP contribution in [0.25, 0.3) is 0 Å². The molecule has 0 aromatic rings. The fourth-order valence-electron chi connectivity index (χ4n) is 5.19.